The van der Waals surface area contributed by atoms with Crippen LogP contribution in [0.4, 0.5) is 0 Å². The number of aryl methyl sites for hydroxylation is 2. The maximum atomic E-state index is 10.8. The average Bonchev–Trinajstić information content (AvgIpc) is 2.48. The summed E-state index contributed by atoms with van der Waals surface area (Å²) < 4.78 is 11.5. The highest BCUT2D eigenvalue weighted by atomic mass is 79.9. The molecule has 4 heteroatoms. The van der Waals surface area contributed by atoms with Gasteiger partial charge in [-0.1, -0.05) is 23.8 Å². The third kappa shape index (κ3) is 3.22. The third-order valence-corrected chi connectivity index (χ3v) is 4.15. The van der Waals surface area contributed by atoms with Crippen molar-refractivity contribution >= 4 is 15.9 Å². The van der Waals surface area contributed by atoms with Crippen LogP contribution in [0, 0.1) is 13.8 Å². The molecule has 0 saturated heterocycles. The highest BCUT2D eigenvalue weighted by Gasteiger charge is 2.20. The predicted molar refractivity (Wildman–Crippen MR) is 87.2 cm³/mol. The monoisotopic (exact) mass is 350 g/mol. The van der Waals surface area contributed by atoms with Crippen molar-refractivity contribution in [2.45, 2.75) is 20.0 Å². The van der Waals surface area contributed by atoms with E-state index in [1.165, 1.54) is 0 Å². The Morgan fingerprint density at radius 2 is 1.62 bits per heavy atom. The first-order chi connectivity index (χ1) is 9.97. The van der Waals surface area contributed by atoms with Gasteiger partial charge >= 0.3 is 0 Å². The van der Waals surface area contributed by atoms with Gasteiger partial charge in [0.05, 0.1) is 18.7 Å². The zero-order chi connectivity index (χ0) is 15.6. The van der Waals surface area contributed by atoms with E-state index in [1.54, 1.807) is 20.3 Å². The zero-order valence-electron chi connectivity index (χ0n) is 12.6. The Hall–Kier alpha value is -1.52. The Kier molecular flexibility index (Phi) is 4.91. The lowest BCUT2D eigenvalue weighted by molar-refractivity contribution is 0.213. The lowest BCUT2D eigenvalue weighted by Crippen LogP contribution is -2.05. The van der Waals surface area contributed by atoms with Gasteiger partial charge < -0.3 is 14.6 Å². The molecule has 0 aromatic heterocycles. The van der Waals surface area contributed by atoms with Crippen molar-refractivity contribution in [2.24, 2.45) is 0 Å². The topological polar surface area (TPSA) is 38.7 Å². The number of ether oxygens (including phenoxy) is 2. The van der Waals surface area contributed by atoms with Crippen LogP contribution in [0.25, 0.3) is 0 Å². The van der Waals surface area contributed by atoms with Crippen molar-refractivity contribution in [2.75, 3.05) is 14.2 Å². The van der Waals surface area contributed by atoms with Gasteiger partial charge in [-0.3, -0.25) is 0 Å². The molecule has 0 fully saturated rings. The van der Waals surface area contributed by atoms with Gasteiger partial charge in [-0.15, -0.1) is 0 Å². The number of hydrogen-bond acceptors (Lipinski definition) is 3. The second-order valence-corrected chi connectivity index (χ2v) is 5.85. The average molecular weight is 351 g/mol. The van der Waals surface area contributed by atoms with Crippen molar-refractivity contribution in [3.05, 3.63) is 57.1 Å². The van der Waals surface area contributed by atoms with E-state index in [0.717, 1.165) is 21.2 Å². The first-order valence-electron chi connectivity index (χ1n) is 6.64. The van der Waals surface area contributed by atoms with Gasteiger partial charge in [-0.05, 0) is 53.0 Å². The number of methoxy groups -OCH3 is 2. The molecule has 21 heavy (non-hydrogen) atoms. The number of aliphatic hydroxyl groups excluding tert-OH is 1. The van der Waals surface area contributed by atoms with Crippen LogP contribution >= 0.6 is 15.9 Å². The number of rotatable bonds is 4. The minimum Gasteiger partial charge on any atom is -0.496 e. The summed E-state index contributed by atoms with van der Waals surface area (Å²) in [7, 11) is 3.19. The van der Waals surface area contributed by atoms with E-state index in [4.69, 9.17) is 9.47 Å². The third-order valence-electron chi connectivity index (χ3n) is 3.53. The predicted octanol–water partition coefficient (Wildman–Crippen LogP) is 4.16. The lowest BCUT2D eigenvalue weighted by Gasteiger charge is -2.19. The van der Waals surface area contributed by atoms with Gasteiger partial charge in [0.1, 0.15) is 17.6 Å². The molecule has 3 nitrogen and oxygen atoms in total. The summed E-state index contributed by atoms with van der Waals surface area (Å²) in [4.78, 5) is 0. The minimum atomic E-state index is -0.762. The van der Waals surface area contributed by atoms with Crippen LogP contribution in [0.3, 0.4) is 0 Å². The quantitative estimate of drug-likeness (QED) is 0.899. The van der Waals surface area contributed by atoms with E-state index in [0.29, 0.717) is 17.1 Å². The summed E-state index contributed by atoms with van der Waals surface area (Å²) in [6.07, 6.45) is -0.762. The highest BCUT2D eigenvalue weighted by molar-refractivity contribution is 9.10. The molecule has 0 saturated carbocycles. The van der Waals surface area contributed by atoms with Crippen LogP contribution in [0.15, 0.2) is 34.8 Å². The summed E-state index contributed by atoms with van der Waals surface area (Å²) in [5, 5.41) is 10.8. The van der Waals surface area contributed by atoms with E-state index in [9.17, 15) is 5.11 Å². The van der Waals surface area contributed by atoms with Crippen LogP contribution in [-0.4, -0.2) is 19.3 Å². The molecule has 0 radical (unpaired) electrons. The normalized spacial score (nSPS) is 12.1. The summed E-state index contributed by atoms with van der Waals surface area (Å²) >= 11 is 3.43. The Balaban J connectivity index is 2.56. The standard InChI is InChI=1S/C17H19BrO3/c1-10-5-6-11(2)12(7-10)17(19)13-8-16(21-4)14(18)9-15(13)20-3/h5-9,17,19H,1-4H3. The maximum absolute atomic E-state index is 10.8. The molecular weight excluding hydrogens is 332 g/mol. The number of hydrogen-bond donors (Lipinski definition) is 1. The van der Waals surface area contributed by atoms with Crippen LogP contribution in [0.5, 0.6) is 11.5 Å². The number of benzene rings is 2. The first-order valence-corrected chi connectivity index (χ1v) is 7.44. The van der Waals surface area contributed by atoms with Crippen molar-refractivity contribution in [3.8, 4) is 11.5 Å². The molecule has 1 atom stereocenters. The van der Waals surface area contributed by atoms with Crippen molar-refractivity contribution in [1.82, 2.24) is 0 Å². The molecule has 2 rings (SSSR count). The Morgan fingerprint density at radius 3 is 2.24 bits per heavy atom. The molecule has 112 valence electrons. The molecular formula is C17H19BrO3. The summed E-state index contributed by atoms with van der Waals surface area (Å²) in [5.74, 6) is 1.28. The molecule has 2 aromatic carbocycles. The number of halogens is 1. The van der Waals surface area contributed by atoms with Crippen LogP contribution in [-0.2, 0) is 0 Å². The zero-order valence-corrected chi connectivity index (χ0v) is 14.2. The minimum absolute atomic E-state index is 0.621. The van der Waals surface area contributed by atoms with Gasteiger partial charge in [0, 0.05) is 5.56 Å². The molecule has 0 aliphatic carbocycles. The number of aliphatic hydroxyl groups is 1. The fourth-order valence-electron chi connectivity index (χ4n) is 2.32. The first kappa shape index (κ1) is 15.9. The molecule has 0 bridgehead atoms. The van der Waals surface area contributed by atoms with Crippen LogP contribution in [0.1, 0.15) is 28.4 Å². The van der Waals surface area contributed by atoms with E-state index in [2.05, 4.69) is 15.9 Å². The van der Waals surface area contributed by atoms with Crippen LogP contribution in [0.2, 0.25) is 0 Å². The van der Waals surface area contributed by atoms with E-state index < -0.39 is 6.10 Å². The SMILES string of the molecule is COc1cc(C(O)c2cc(C)ccc2C)c(OC)cc1Br. The van der Waals surface area contributed by atoms with Gasteiger partial charge in [0.15, 0.2) is 0 Å². The fourth-order valence-corrected chi connectivity index (χ4v) is 2.80. The molecule has 0 heterocycles. The largest absolute Gasteiger partial charge is 0.496 e. The van der Waals surface area contributed by atoms with Crippen molar-refractivity contribution < 1.29 is 14.6 Å². The van der Waals surface area contributed by atoms with E-state index in [-0.39, 0.29) is 0 Å². The molecule has 2 aromatic rings. The highest BCUT2D eigenvalue weighted by Crippen LogP contribution is 2.38. The molecule has 1 unspecified atom stereocenters. The van der Waals surface area contributed by atoms with E-state index >= 15 is 0 Å². The second kappa shape index (κ2) is 6.50. The Bertz CT molecular complexity index is 653. The molecule has 0 aliphatic rings. The molecule has 1 N–H and O–H groups in total. The molecule has 0 spiro atoms. The van der Waals surface area contributed by atoms with Crippen molar-refractivity contribution in [3.63, 3.8) is 0 Å². The summed E-state index contributed by atoms with van der Waals surface area (Å²) in [5.41, 5.74) is 3.71. The molecule has 0 amide bonds. The fraction of sp³-hybridized carbons (Fsp3) is 0.294. The van der Waals surface area contributed by atoms with Gasteiger partial charge in [-0.25, -0.2) is 0 Å². The lowest BCUT2D eigenvalue weighted by atomic mass is 9.95. The smallest absolute Gasteiger partial charge is 0.133 e. The van der Waals surface area contributed by atoms with Crippen LogP contribution < -0.4 is 9.47 Å². The molecule has 0 aliphatic heterocycles. The van der Waals surface area contributed by atoms with Gasteiger partial charge in [0.25, 0.3) is 0 Å². The van der Waals surface area contributed by atoms with Gasteiger partial charge in [-0.2, -0.15) is 0 Å². The summed E-state index contributed by atoms with van der Waals surface area (Å²) in [6, 6.07) is 9.65. The van der Waals surface area contributed by atoms with E-state index in [1.807, 2.05) is 38.1 Å². The maximum Gasteiger partial charge on any atom is 0.133 e. The Morgan fingerprint density at radius 1 is 0.952 bits per heavy atom. The summed E-state index contributed by atoms with van der Waals surface area (Å²) in [6.45, 7) is 4.00. The Labute approximate surface area is 133 Å². The van der Waals surface area contributed by atoms with Gasteiger partial charge in [0.2, 0.25) is 0 Å². The van der Waals surface area contributed by atoms with Crippen molar-refractivity contribution in [1.29, 1.82) is 0 Å². The second-order valence-electron chi connectivity index (χ2n) is 4.99.